The molecule has 6 nitrogen and oxygen atoms in total. The van der Waals surface area contributed by atoms with E-state index in [0.29, 0.717) is 16.6 Å². The van der Waals surface area contributed by atoms with E-state index in [1.54, 1.807) is 0 Å². The normalized spacial score (nSPS) is 10.9. The van der Waals surface area contributed by atoms with Crippen LogP contribution in [0.3, 0.4) is 0 Å². The first-order chi connectivity index (χ1) is 16.2. The number of hydrogen-bond donors (Lipinski definition) is 0. The molecule has 0 saturated heterocycles. The van der Waals surface area contributed by atoms with Crippen molar-refractivity contribution in [2.24, 2.45) is 0 Å². The summed E-state index contributed by atoms with van der Waals surface area (Å²) in [6.07, 6.45) is 0. The average molecular weight is 418 g/mol. The molecule has 2 aromatic heterocycles. The molecule has 0 bridgehead atoms. The zero-order valence-corrected chi connectivity index (χ0v) is 17.0. The van der Waals surface area contributed by atoms with E-state index in [1.807, 2.05) is 77.2 Å². The fraction of sp³-hybridized carbons (Fsp3) is 0. The number of pyridine rings is 1. The topological polar surface area (TPSA) is 112 Å². The van der Waals surface area contributed by atoms with E-state index >= 15 is 0 Å². The number of nitrogens with zero attached hydrogens (tertiary/aromatic N) is 6. The van der Waals surface area contributed by atoms with Gasteiger partial charge in [-0.25, -0.2) is 4.98 Å². The van der Waals surface area contributed by atoms with Gasteiger partial charge in [-0.3, -0.25) is 4.40 Å². The zero-order valence-electron chi connectivity index (χ0n) is 17.0. The lowest BCUT2D eigenvalue weighted by Crippen LogP contribution is -2.03. The van der Waals surface area contributed by atoms with Gasteiger partial charge in [0.15, 0.2) is 0 Å². The lowest BCUT2D eigenvalue weighted by Gasteiger charge is -2.15. The highest BCUT2D eigenvalue weighted by Crippen LogP contribution is 2.41. The fourth-order valence-electron chi connectivity index (χ4n) is 4.81. The van der Waals surface area contributed by atoms with Gasteiger partial charge in [-0.1, -0.05) is 42.5 Å². The van der Waals surface area contributed by atoms with E-state index < -0.39 is 0 Å². The second-order valence-corrected chi connectivity index (χ2v) is 7.64. The van der Waals surface area contributed by atoms with Crippen LogP contribution in [0.4, 0.5) is 0 Å². The van der Waals surface area contributed by atoms with Crippen LogP contribution in [0.25, 0.3) is 49.1 Å². The van der Waals surface area contributed by atoms with Gasteiger partial charge < -0.3 is 0 Å². The molecule has 0 atom stereocenters. The smallest absolute Gasteiger partial charge is 0.146 e. The molecule has 148 valence electrons. The molecule has 0 aliphatic carbocycles. The third-order valence-corrected chi connectivity index (χ3v) is 6.13. The molecule has 0 saturated carbocycles. The summed E-state index contributed by atoms with van der Waals surface area (Å²) in [5.74, 6) is 0. The molecule has 0 fully saturated rings. The predicted molar refractivity (Wildman–Crippen MR) is 124 cm³/mol. The third-order valence-electron chi connectivity index (χ3n) is 6.13. The summed E-state index contributed by atoms with van der Waals surface area (Å²) in [6.45, 7) is 0. The van der Waals surface area contributed by atoms with Crippen molar-refractivity contribution >= 4 is 49.1 Å². The van der Waals surface area contributed by atoms with Crippen molar-refractivity contribution < 1.29 is 0 Å². The van der Waals surface area contributed by atoms with E-state index in [9.17, 15) is 21.0 Å². The van der Waals surface area contributed by atoms with E-state index in [-0.39, 0.29) is 22.3 Å². The number of para-hydroxylation sites is 2. The van der Waals surface area contributed by atoms with Crippen molar-refractivity contribution in [3.05, 3.63) is 82.9 Å². The average Bonchev–Trinajstić information content (AvgIpc) is 3.26. The van der Waals surface area contributed by atoms with E-state index in [2.05, 4.69) is 12.1 Å². The Bertz CT molecular complexity index is 2020. The molecule has 0 radical (unpaired) electrons. The summed E-state index contributed by atoms with van der Waals surface area (Å²) in [5, 5.41) is 44.0. The first-order valence-corrected chi connectivity index (χ1v) is 10.1. The Kier molecular flexibility index (Phi) is 3.63. The van der Waals surface area contributed by atoms with Gasteiger partial charge in [0.1, 0.15) is 29.9 Å². The quantitative estimate of drug-likeness (QED) is 0.305. The largest absolute Gasteiger partial charge is 0.290 e. The molecule has 0 N–H and O–H groups in total. The highest BCUT2D eigenvalue weighted by Gasteiger charge is 2.26. The van der Waals surface area contributed by atoms with Crippen LogP contribution in [-0.2, 0) is 0 Å². The summed E-state index contributed by atoms with van der Waals surface area (Å²) in [6, 6.07) is 27.5. The van der Waals surface area contributed by atoms with Crippen LogP contribution in [-0.4, -0.2) is 9.38 Å². The Morgan fingerprint density at radius 1 is 0.606 bits per heavy atom. The number of rotatable bonds is 0. The predicted octanol–water partition coefficient (Wildman–Crippen LogP) is 5.43. The second-order valence-electron chi connectivity index (χ2n) is 7.64. The van der Waals surface area contributed by atoms with Crippen LogP contribution in [0, 0.1) is 45.3 Å². The molecule has 6 aromatic rings. The molecule has 33 heavy (non-hydrogen) atoms. The van der Waals surface area contributed by atoms with Crippen LogP contribution >= 0.6 is 0 Å². The lowest BCUT2D eigenvalue weighted by atomic mass is 9.89. The van der Waals surface area contributed by atoms with Crippen LogP contribution in [0.1, 0.15) is 22.3 Å². The van der Waals surface area contributed by atoms with Crippen LogP contribution in [0.15, 0.2) is 60.7 Å². The molecule has 2 heterocycles. The second kappa shape index (κ2) is 6.53. The van der Waals surface area contributed by atoms with Gasteiger partial charge in [0.2, 0.25) is 0 Å². The van der Waals surface area contributed by atoms with Crippen molar-refractivity contribution in [2.45, 2.75) is 0 Å². The van der Waals surface area contributed by atoms with Crippen molar-refractivity contribution in [3.63, 3.8) is 0 Å². The molecule has 4 aromatic carbocycles. The molecule has 0 aliphatic rings. The molecule has 0 spiro atoms. The Labute approximate surface area is 187 Å². The van der Waals surface area contributed by atoms with Gasteiger partial charge in [0.25, 0.3) is 0 Å². The van der Waals surface area contributed by atoms with Gasteiger partial charge in [0, 0.05) is 16.2 Å². The molecule has 0 unspecified atom stereocenters. The Balaban J connectivity index is 2.16. The Morgan fingerprint density at radius 2 is 1.27 bits per heavy atom. The third kappa shape index (κ3) is 2.19. The summed E-state index contributed by atoms with van der Waals surface area (Å²) >= 11 is 0. The highest BCUT2D eigenvalue weighted by molar-refractivity contribution is 6.26. The van der Waals surface area contributed by atoms with E-state index in [0.717, 1.165) is 32.6 Å². The van der Waals surface area contributed by atoms with Crippen molar-refractivity contribution in [1.29, 1.82) is 21.0 Å². The van der Waals surface area contributed by atoms with Gasteiger partial charge >= 0.3 is 0 Å². The van der Waals surface area contributed by atoms with Gasteiger partial charge in [-0.2, -0.15) is 21.0 Å². The number of benzene rings is 4. The zero-order chi connectivity index (χ0) is 22.7. The molecule has 6 heteroatoms. The highest BCUT2D eigenvalue weighted by atomic mass is 15.0. The lowest BCUT2D eigenvalue weighted by molar-refractivity contribution is 1.29. The minimum absolute atomic E-state index is 0.0611. The molecule has 0 aliphatic heterocycles. The molecular formula is C27H10N6. The SMILES string of the molecule is N#Cc1c(C#N)c(C#N)c2c(c1C#N)c1c3ccccc3ccc1c1nc3ccccc3n12. The van der Waals surface area contributed by atoms with Crippen LogP contribution in [0.2, 0.25) is 0 Å². The Hall–Kier alpha value is -5.43. The first-order valence-electron chi connectivity index (χ1n) is 10.1. The molecule has 0 amide bonds. The summed E-state index contributed by atoms with van der Waals surface area (Å²) in [7, 11) is 0. The van der Waals surface area contributed by atoms with Crippen molar-refractivity contribution in [1.82, 2.24) is 9.38 Å². The fourth-order valence-corrected chi connectivity index (χ4v) is 4.81. The summed E-state index contributed by atoms with van der Waals surface area (Å²) < 4.78 is 1.84. The number of imidazole rings is 1. The van der Waals surface area contributed by atoms with Crippen molar-refractivity contribution in [3.8, 4) is 24.3 Å². The van der Waals surface area contributed by atoms with E-state index in [4.69, 9.17) is 4.98 Å². The first kappa shape index (κ1) is 18.3. The minimum atomic E-state index is -0.0947. The molecule has 6 rings (SSSR count). The van der Waals surface area contributed by atoms with Crippen LogP contribution in [0.5, 0.6) is 0 Å². The monoisotopic (exact) mass is 418 g/mol. The van der Waals surface area contributed by atoms with Crippen LogP contribution < -0.4 is 0 Å². The number of aromatic nitrogens is 2. The maximum absolute atomic E-state index is 10.2. The maximum Gasteiger partial charge on any atom is 0.146 e. The summed E-state index contributed by atoms with van der Waals surface area (Å²) in [4.78, 5) is 4.85. The maximum atomic E-state index is 10.2. The number of fused-ring (bicyclic) bond motifs is 10. The minimum Gasteiger partial charge on any atom is -0.290 e. The Morgan fingerprint density at radius 3 is 2.03 bits per heavy atom. The summed E-state index contributed by atoms with van der Waals surface area (Å²) in [5.41, 5.74) is 2.49. The standard InChI is InChI=1S/C27H10N6/c28-11-18-19(12-29)21(14-31)26-25(20(18)13-30)24-16-6-2-1-5-15(16)9-10-17(24)27-32-22-7-3-4-8-23(22)33(26)27/h1-10H. The molecular weight excluding hydrogens is 408 g/mol. The van der Waals surface area contributed by atoms with Gasteiger partial charge in [-0.05, 0) is 29.0 Å². The van der Waals surface area contributed by atoms with Gasteiger partial charge in [-0.15, -0.1) is 0 Å². The number of nitriles is 4. The van der Waals surface area contributed by atoms with Crippen molar-refractivity contribution in [2.75, 3.05) is 0 Å². The van der Waals surface area contributed by atoms with Gasteiger partial charge in [0.05, 0.1) is 38.8 Å². The number of hydrogen-bond acceptors (Lipinski definition) is 5. The van der Waals surface area contributed by atoms with E-state index in [1.165, 1.54) is 0 Å².